The predicted molar refractivity (Wildman–Crippen MR) is 131 cm³/mol. The van der Waals surface area contributed by atoms with Crippen LogP contribution in [0.3, 0.4) is 0 Å². The number of fused-ring (bicyclic) bond motifs is 5. The topological polar surface area (TPSA) is 147 Å². The summed E-state index contributed by atoms with van der Waals surface area (Å²) in [5, 5.41) is 34.0. The van der Waals surface area contributed by atoms with Gasteiger partial charge in [0, 0.05) is 35.5 Å². The lowest BCUT2D eigenvalue weighted by atomic mass is 9.43. The molecule has 3 saturated carbocycles. The first-order valence-corrected chi connectivity index (χ1v) is 13.2. The highest BCUT2D eigenvalue weighted by atomic mass is 19.1. The van der Waals surface area contributed by atoms with Crippen molar-refractivity contribution >= 4 is 23.5 Å². The standard InChI is InChI=1S/C28H37FO9/c1-6-20(33)37-13-19(32)28(38-21(34)7-2)14(3)10-16-22-24(36)23(35)17-11-15(30)8-9-25(17,4)27(22,29)18(31)12-26(16,28)5/h8-9,11,14,16,18,22-24,31,35-36H,6-7,10,12-13H2,1-5H3/t14-,16-,18-,22+,23-,24+,25-,26-,27+,28-/m0/s1. The number of ketones is 2. The summed E-state index contributed by atoms with van der Waals surface area (Å²) in [6.07, 6.45) is -1.66. The molecule has 4 aliphatic carbocycles. The Morgan fingerprint density at radius 1 is 1.11 bits per heavy atom. The maximum atomic E-state index is 17.5. The summed E-state index contributed by atoms with van der Waals surface area (Å²) in [5.41, 5.74) is -7.39. The minimum atomic E-state index is -2.51. The van der Waals surface area contributed by atoms with Gasteiger partial charge in [0.05, 0.1) is 12.2 Å². The lowest BCUT2D eigenvalue weighted by molar-refractivity contribution is -0.255. The largest absolute Gasteiger partial charge is 0.457 e. The van der Waals surface area contributed by atoms with Crippen molar-refractivity contribution < 1.29 is 48.4 Å². The number of Topliss-reactive ketones (excluding diaryl/α,β-unsaturated/α-hetero) is 1. The molecular weight excluding hydrogens is 499 g/mol. The van der Waals surface area contributed by atoms with Crippen molar-refractivity contribution in [2.24, 2.45) is 28.6 Å². The third-order valence-electron chi connectivity index (χ3n) is 9.90. The first-order valence-electron chi connectivity index (χ1n) is 13.2. The summed E-state index contributed by atoms with van der Waals surface area (Å²) in [6.45, 7) is 7.24. The number of alkyl halides is 1. The smallest absolute Gasteiger partial charge is 0.306 e. The normalized spacial score (nSPS) is 45.4. The van der Waals surface area contributed by atoms with E-state index in [1.807, 2.05) is 0 Å². The second-order valence-corrected chi connectivity index (χ2v) is 11.6. The monoisotopic (exact) mass is 536 g/mol. The molecule has 3 N–H and O–H groups in total. The molecule has 3 fully saturated rings. The Balaban J connectivity index is 1.87. The van der Waals surface area contributed by atoms with Crippen LogP contribution >= 0.6 is 0 Å². The maximum Gasteiger partial charge on any atom is 0.306 e. The average Bonchev–Trinajstić information content (AvgIpc) is 3.08. The van der Waals surface area contributed by atoms with Crippen LogP contribution in [0.15, 0.2) is 23.8 Å². The van der Waals surface area contributed by atoms with Crippen molar-refractivity contribution in [1.82, 2.24) is 0 Å². The van der Waals surface area contributed by atoms with Gasteiger partial charge in [0.15, 0.2) is 23.7 Å². The van der Waals surface area contributed by atoms with Crippen LogP contribution in [0.1, 0.15) is 60.3 Å². The lowest BCUT2D eigenvalue weighted by Gasteiger charge is -2.64. The molecule has 0 amide bonds. The zero-order valence-corrected chi connectivity index (χ0v) is 22.4. The molecule has 210 valence electrons. The molecule has 0 spiro atoms. The molecule has 4 rings (SSSR count). The van der Waals surface area contributed by atoms with Crippen LogP contribution < -0.4 is 0 Å². The fourth-order valence-corrected chi connectivity index (χ4v) is 8.03. The molecule has 0 unspecified atom stereocenters. The Kier molecular flexibility index (Phi) is 7.03. The molecule has 0 radical (unpaired) electrons. The number of hydrogen-bond donors (Lipinski definition) is 3. The fraction of sp³-hybridized carbons (Fsp3) is 0.714. The van der Waals surface area contributed by atoms with Crippen LogP contribution in [0.2, 0.25) is 0 Å². The van der Waals surface area contributed by atoms with Gasteiger partial charge in [0.25, 0.3) is 0 Å². The average molecular weight is 537 g/mol. The van der Waals surface area contributed by atoms with Gasteiger partial charge in [-0.3, -0.25) is 19.2 Å². The zero-order chi connectivity index (χ0) is 28.4. The van der Waals surface area contributed by atoms with Crippen molar-refractivity contribution in [1.29, 1.82) is 0 Å². The van der Waals surface area contributed by atoms with Gasteiger partial charge in [-0.1, -0.05) is 33.8 Å². The summed E-state index contributed by atoms with van der Waals surface area (Å²) in [6, 6.07) is 0. The number of aliphatic hydroxyl groups excluding tert-OH is 3. The minimum absolute atomic E-state index is 0.0174. The van der Waals surface area contributed by atoms with Crippen molar-refractivity contribution in [3.05, 3.63) is 23.8 Å². The van der Waals surface area contributed by atoms with Gasteiger partial charge < -0.3 is 24.8 Å². The van der Waals surface area contributed by atoms with Gasteiger partial charge in [0.2, 0.25) is 5.78 Å². The van der Waals surface area contributed by atoms with Crippen LogP contribution in [0.5, 0.6) is 0 Å². The highest BCUT2D eigenvalue weighted by molar-refractivity contribution is 6.01. The molecular formula is C28H37FO9. The highest BCUT2D eigenvalue weighted by Crippen LogP contribution is 2.71. The number of hydrogen-bond acceptors (Lipinski definition) is 9. The number of allylic oxidation sites excluding steroid dienone is 3. The second kappa shape index (κ2) is 9.34. The molecule has 0 bridgehead atoms. The number of halogens is 1. The lowest BCUT2D eigenvalue weighted by Crippen LogP contribution is -2.74. The van der Waals surface area contributed by atoms with Crippen LogP contribution in [-0.2, 0) is 28.7 Å². The molecule has 10 atom stereocenters. The van der Waals surface area contributed by atoms with E-state index in [1.54, 1.807) is 27.7 Å². The van der Waals surface area contributed by atoms with E-state index in [2.05, 4.69) is 0 Å². The summed E-state index contributed by atoms with van der Waals surface area (Å²) in [5.74, 6) is -5.34. The van der Waals surface area contributed by atoms with Crippen LogP contribution in [-0.4, -0.2) is 75.0 Å². The third-order valence-corrected chi connectivity index (χ3v) is 9.90. The van der Waals surface area contributed by atoms with Crippen molar-refractivity contribution in [3.8, 4) is 0 Å². The van der Waals surface area contributed by atoms with Gasteiger partial charge in [-0.15, -0.1) is 0 Å². The Labute approximate surface area is 221 Å². The third kappa shape index (κ3) is 3.52. The van der Waals surface area contributed by atoms with Gasteiger partial charge >= 0.3 is 11.9 Å². The van der Waals surface area contributed by atoms with E-state index in [4.69, 9.17) is 9.47 Å². The Bertz CT molecular complexity index is 1120. The van der Waals surface area contributed by atoms with Crippen LogP contribution in [0.4, 0.5) is 4.39 Å². The number of esters is 2. The molecule has 0 aromatic heterocycles. The predicted octanol–water partition coefficient (Wildman–Crippen LogP) is 1.76. The molecule has 10 heteroatoms. The van der Waals surface area contributed by atoms with E-state index in [0.717, 1.165) is 6.08 Å². The molecule has 4 aliphatic rings. The quantitative estimate of drug-likeness (QED) is 0.432. The van der Waals surface area contributed by atoms with Crippen molar-refractivity contribution in [2.45, 2.75) is 89.9 Å². The molecule has 0 aromatic rings. The van der Waals surface area contributed by atoms with E-state index >= 15 is 4.39 Å². The van der Waals surface area contributed by atoms with Gasteiger partial charge in [-0.2, -0.15) is 0 Å². The molecule has 0 heterocycles. The fourth-order valence-electron chi connectivity index (χ4n) is 8.03. The summed E-state index contributed by atoms with van der Waals surface area (Å²) in [7, 11) is 0. The first kappa shape index (κ1) is 28.6. The van der Waals surface area contributed by atoms with Crippen LogP contribution in [0, 0.1) is 28.6 Å². The number of carbonyl (C=O) groups excluding carboxylic acids is 4. The Morgan fingerprint density at radius 2 is 1.74 bits per heavy atom. The number of rotatable bonds is 6. The second-order valence-electron chi connectivity index (χ2n) is 11.6. The van der Waals surface area contributed by atoms with Crippen molar-refractivity contribution in [2.75, 3.05) is 6.61 Å². The maximum absolute atomic E-state index is 17.5. The van der Waals surface area contributed by atoms with Gasteiger partial charge in [-0.25, -0.2) is 4.39 Å². The van der Waals surface area contributed by atoms with Gasteiger partial charge in [0.1, 0.15) is 6.10 Å². The van der Waals surface area contributed by atoms with E-state index in [0.29, 0.717) is 0 Å². The van der Waals surface area contributed by atoms with Gasteiger partial charge in [-0.05, 0) is 43.4 Å². The van der Waals surface area contributed by atoms with E-state index in [9.17, 15) is 34.5 Å². The van der Waals surface area contributed by atoms with Crippen molar-refractivity contribution in [3.63, 3.8) is 0 Å². The van der Waals surface area contributed by atoms with E-state index in [-0.39, 0.29) is 31.3 Å². The van der Waals surface area contributed by atoms with E-state index in [1.165, 1.54) is 19.1 Å². The molecule has 0 aliphatic heterocycles. The first-order chi connectivity index (χ1) is 17.6. The Morgan fingerprint density at radius 3 is 2.34 bits per heavy atom. The molecule has 38 heavy (non-hydrogen) atoms. The summed E-state index contributed by atoms with van der Waals surface area (Å²) >= 11 is 0. The highest BCUT2D eigenvalue weighted by Gasteiger charge is 2.79. The number of aliphatic hydroxyl groups is 3. The zero-order valence-electron chi connectivity index (χ0n) is 22.4. The number of ether oxygens (including phenoxy) is 2. The Hall–Kier alpha value is -2.43. The summed E-state index contributed by atoms with van der Waals surface area (Å²) < 4.78 is 28.5. The summed E-state index contributed by atoms with van der Waals surface area (Å²) in [4.78, 5) is 50.5. The van der Waals surface area contributed by atoms with Crippen LogP contribution in [0.25, 0.3) is 0 Å². The molecule has 0 aromatic carbocycles. The number of carbonyl (C=O) groups is 4. The molecule has 0 saturated heterocycles. The SMILES string of the molecule is CCC(=O)OCC(=O)[C@@]1(OC(=O)CC)[C@@H](C)C[C@H]2[C@@H]3[C@@H](O)[C@@H](O)C4=CC(=O)C=C[C@]4(C)[C@@]3(F)[C@@H](O)C[C@@]21C. The van der Waals surface area contributed by atoms with E-state index < -0.39 is 88.3 Å². The molecule has 9 nitrogen and oxygen atoms in total. The minimum Gasteiger partial charge on any atom is -0.457 e.